The van der Waals surface area contributed by atoms with Gasteiger partial charge in [-0.3, -0.25) is 0 Å². The van der Waals surface area contributed by atoms with Gasteiger partial charge >= 0.3 is 0 Å². The first-order valence-electron chi connectivity index (χ1n) is 7.91. The van der Waals surface area contributed by atoms with Gasteiger partial charge in [0.25, 0.3) is 0 Å². The number of methoxy groups -OCH3 is 1. The number of hydrogen-bond donors (Lipinski definition) is 0. The summed E-state index contributed by atoms with van der Waals surface area (Å²) in [4.78, 5) is 11.2. The lowest BCUT2D eigenvalue weighted by Gasteiger charge is -2.32. The van der Waals surface area contributed by atoms with Crippen molar-refractivity contribution < 1.29 is 4.74 Å². The van der Waals surface area contributed by atoms with Gasteiger partial charge in [0.1, 0.15) is 5.75 Å². The summed E-state index contributed by atoms with van der Waals surface area (Å²) in [5, 5.41) is 0. The number of hydrogen-bond acceptors (Lipinski definition) is 4. The van der Waals surface area contributed by atoms with E-state index in [9.17, 15) is 0 Å². The van der Waals surface area contributed by atoms with Gasteiger partial charge in [-0.2, -0.15) is 0 Å². The Morgan fingerprint density at radius 2 is 1.91 bits per heavy atom. The molecule has 22 heavy (non-hydrogen) atoms. The maximum atomic E-state index is 5.30. The molecule has 4 nitrogen and oxygen atoms in total. The second-order valence-corrected chi connectivity index (χ2v) is 6.05. The number of benzene rings is 1. The van der Waals surface area contributed by atoms with Crippen molar-refractivity contribution in [2.45, 2.75) is 26.2 Å². The summed E-state index contributed by atoms with van der Waals surface area (Å²) in [5.41, 5.74) is 2.47. The van der Waals surface area contributed by atoms with Crippen molar-refractivity contribution in [3.8, 4) is 5.75 Å². The van der Waals surface area contributed by atoms with Gasteiger partial charge in [0, 0.05) is 25.5 Å². The molecular weight excluding hydrogens is 274 g/mol. The quantitative estimate of drug-likeness (QED) is 0.868. The largest absolute Gasteiger partial charge is 0.497 e. The van der Waals surface area contributed by atoms with Gasteiger partial charge in [0.2, 0.25) is 5.95 Å². The summed E-state index contributed by atoms with van der Waals surface area (Å²) >= 11 is 0. The minimum atomic E-state index is 0.730. The molecule has 0 spiro atoms. The van der Waals surface area contributed by atoms with Crippen LogP contribution in [0.4, 0.5) is 5.95 Å². The van der Waals surface area contributed by atoms with Crippen LogP contribution < -0.4 is 9.64 Å². The molecule has 0 radical (unpaired) electrons. The summed E-state index contributed by atoms with van der Waals surface area (Å²) < 4.78 is 5.30. The van der Waals surface area contributed by atoms with Crippen molar-refractivity contribution in [2.24, 2.45) is 5.92 Å². The molecule has 116 valence electrons. The lowest BCUT2D eigenvalue weighted by molar-refractivity contribution is 0.396. The number of anilines is 1. The first-order chi connectivity index (χ1) is 10.7. The normalized spacial score (nSPS) is 15.8. The van der Waals surface area contributed by atoms with E-state index in [1.54, 1.807) is 7.11 Å². The van der Waals surface area contributed by atoms with Gasteiger partial charge in [-0.1, -0.05) is 12.1 Å². The van der Waals surface area contributed by atoms with Crippen molar-refractivity contribution in [3.63, 3.8) is 0 Å². The van der Waals surface area contributed by atoms with Crippen LogP contribution in [-0.2, 0) is 6.42 Å². The Labute approximate surface area is 132 Å². The fourth-order valence-corrected chi connectivity index (χ4v) is 3.02. The number of nitrogens with zero attached hydrogens (tertiary/aromatic N) is 3. The molecule has 2 heterocycles. The minimum Gasteiger partial charge on any atom is -0.497 e. The molecule has 0 unspecified atom stereocenters. The lowest BCUT2D eigenvalue weighted by Crippen LogP contribution is -2.35. The van der Waals surface area contributed by atoms with E-state index in [0.29, 0.717) is 0 Å². The van der Waals surface area contributed by atoms with Crippen molar-refractivity contribution in [1.82, 2.24) is 9.97 Å². The predicted molar refractivity (Wildman–Crippen MR) is 88.4 cm³/mol. The van der Waals surface area contributed by atoms with E-state index in [-0.39, 0.29) is 0 Å². The van der Waals surface area contributed by atoms with Crippen LogP contribution in [0.15, 0.2) is 36.7 Å². The van der Waals surface area contributed by atoms with Crippen LogP contribution >= 0.6 is 0 Å². The SMILES string of the molecule is COc1cccc(CC2CCN(c3ncc(C)cn3)CC2)c1. The van der Waals surface area contributed by atoms with Crippen LogP contribution in [0.5, 0.6) is 5.75 Å². The highest BCUT2D eigenvalue weighted by atomic mass is 16.5. The molecule has 0 atom stereocenters. The predicted octanol–water partition coefficient (Wildman–Crippen LogP) is 3.25. The van der Waals surface area contributed by atoms with Crippen LogP contribution in [0.3, 0.4) is 0 Å². The van der Waals surface area contributed by atoms with E-state index in [4.69, 9.17) is 4.74 Å². The lowest BCUT2D eigenvalue weighted by atomic mass is 9.90. The Morgan fingerprint density at radius 1 is 1.18 bits per heavy atom. The fourth-order valence-electron chi connectivity index (χ4n) is 3.02. The van der Waals surface area contributed by atoms with Crippen molar-refractivity contribution in [3.05, 3.63) is 47.8 Å². The molecule has 0 bridgehead atoms. The van der Waals surface area contributed by atoms with E-state index in [1.807, 2.05) is 25.4 Å². The van der Waals surface area contributed by atoms with Gasteiger partial charge in [-0.25, -0.2) is 9.97 Å². The minimum absolute atomic E-state index is 0.730. The van der Waals surface area contributed by atoms with Crippen molar-refractivity contribution >= 4 is 5.95 Å². The Bertz CT molecular complexity index is 604. The third-order valence-corrected chi connectivity index (χ3v) is 4.32. The molecule has 1 aromatic carbocycles. The van der Waals surface area contributed by atoms with Crippen LogP contribution in [0.1, 0.15) is 24.0 Å². The third-order valence-electron chi connectivity index (χ3n) is 4.32. The Hall–Kier alpha value is -2.10. The highest BCUT2D eigenvalue weighted by molar-refractivity contribution is 5.31. The van der Waals surface area contributed by atoms with Gasteiger partial charge in [0.15, 0.2) is 0 Å². The average molecular weight is 297 g/mol. The molecule has 1 aromatic heterocycles. The Balaban J connectivity index is 1.56. The fraction of sp³-hybridized carbons (Fsp3) is 0.444. The van der Waals surface area contributed by atoms with E-state index < -0.39 is 0 Å². The highest BCUT2D eigenvalue weighted by Gasteiger charge is 2.21. The van der Waals surface area contributed by atoms with Crippen LogP contribution in [0, 0.1) is 12.8 Å². The maximum Gasteiger partial charge on any atom is 0.225 e. The third kappa shape index (κ3) is 3.56. The molecule has 1 aliphatic rings. The first-order valence-corrected chi connectivity index (χ1v) is 7.91. The average Bonchev–Trinajstić information content (AvgIpc) is 2.57. The number of piperidine rings is 1. The zero-order valence-electron chi connectivity index (χ0n) is 13.3. The molecule has 0 amide bonds. The number of aromatic nitrogens is 2. The second kappa shape index (κ2) is 6.77. The summed E-state index contributed by atoms with van der Waals surface area (Å²) in [6, 6.07) is 8.41. The van der Waals surface area contributed by atoms with E-state index in [2.05, 4.69) is 33.1 Å². The van der Waals surface area contributed by atoms with Crippen molar-refractivity contribution in [2.75, 3.05) is 25.1 Å². The van der Waals surface area contributed by atoms with Crippen molar-refractivity contribution in [1.29, 1.82) is 0 Å². The van der Waals surface area contributed by atoms with Crippen LogP contribution in [0.25, 0.3) is 0 Å². The summed E-state index contributed by atoms with van der Waals surface area (Å²) in [6.07, 6.45) is 7.29. The molecule has 3 rings (SSSR count). The molecule has 0 saturated carbocycles. The summed E-state index contributed by atoms with van der Waals surface area (Å²) in [7, 11) is 1.72. The first kappa shape index (κ1) is 14.8. The Morgan fingerprint density at radius 3 is 2.59 bits per heavy atom. The standard InChI is InChI=1S/C18H23N3O/c1-14-12-19-18(20-13-14)21-8-6-15(7-9-21)10-16-4-3-5-17(11-16)22-2/h3-5,11-13,15H,6-10H2,1-2H3. The molecule has 4 heteroatoms. The maximum absolute atomic E-state index is 5.30. The molecule has 1 saturated heterocycles. The monoisotopic (exact) mass is 297 g/mol. The molecule has 2 aromatic rings. The smallest absolute Gasteiger partial charge is 0.225 e. The van der Waals surface area contributed by atoms with Gasteiger partial charge in [-0.05, 0) is 55.4 Å². The Kier molecular flexibility index (Phi) is 4.56. The summed E-state index contributed by atoms with van der Waals surface area (Å²) in [6.45, 7) is 4.10. The van der Waals surface area contributed by atoms with Gasteiger partial charge < -0.3 is 9.64 Å². The number of rotatable bonds is 4. The van der Waals surface area contributed by atoms with E-state index in [0.717, 1.165) is 42.7 Å². The second-order valence-electron chi connectivity index (χ2n) is 6.05. The molecule has 0 aliphatic carbocycles. The van der Waals surface area contributed by atoms with E-state index in [1.165, 1.54) is 18.4 Å². The molecule has 0 N–H and O–H groups in total. The number of aryl methyl sites for hydroxylation is 1. The van der Waals surface area contributed by atoms with Crippen LogP contribution in [0.2, 0.25) is 0 Å². The van der Waals surface area contributed by atoms with E-state index >= 15 is 0 Å². The zero-order chi connectivity index (χ0) is 15.4. The highest BCUT2D eigenvalue weighted by Crippen LogP contribution is 2.25. The van der Waals surface area contributed by atoms with Gasteiger partial charge in [-0.15, -0.1) is 0 Å². The van der Waals surface area contributed by atoms with Gasteiger partial charge in [0.05, 0.1) is 7.11 Å². The zero-order valence-corrected chi connectivity index (χ0v) is 13.3. The van der Waals surface area contributed by atoms with Crippen LogP contribution in [-0.4, -0.2) is 30.2 Å². The molecule has 1 fully saturated rings. The molecular formula is C18H23N3O. The molecule has 1 aliphatic heterocycles. The number of ether oxygens (including phenoxy) is 1. The topological polar surface area (TPSA) is 38.2 Å². The summed E-state index contributed by atoms with van der Waals surface area (Å²) in [5.74, 6) is 2.54.